The number of anilines is 1. The highest BCUT2D eigenvalue weighted by Crippen LogP contribution is 2.26. The summed E-state index contributed by atoms with van der Waals surface area (Å²) in [7, 11) is 2.19. The van der Waals surface area contributed by atoms with Gasteiger partial charge in [-0.1, -0.05) is 52.3 Å². The van der Waals surface area contributed by atoms with Crippen molar-refractivity contribution in [2.45, 2.75) is 19.0 Å². The molecule has 144 valence electrons. The highest BCUT2D eigenvalue weighted by atomic mass is 79.9. The molecular weight excluding hydrogens is 420 g/mol. The minimum absolute atomic E-state index is 0.183. The van der Waals surface area contributed by atoms with Gasteiger partial charge in [0, 0.05) is 42.4 Å². The molecule has 3 rings (SSSR count). The van der Waals surface area contributed by atoms with Crippen molar-refractivity contribution < 1.29 is 0 Å². The van der Waals surface area contributed by atoms with Gasteiger partial charge in [0.05, 0.1) is 6.04 Å². The van der Waals surface area contributed by atoms with Crippen molar-refractivity contribution in [3.05, 3.63) is 64.6 Å². The molecule has 0 aliphatic carbocycles. The second-order valence-electron chi connectivity index (χ2n) is 7.09. The van der Waals surface area contributed by atoms with Crippen molar-refractivity contribution in [1.29, 1.82) is 0 Å². The maximum atomic E-state index is 5.58. The topological polar surface area (TPSA) is 30.5 Å². The van der Waals surface area contributed by atoms with Gasteiger partial charge in [-0.2, -0.15) is 0 Å². The van der Waals surface area contributed by atoms with Crippen molar-refractivity contribution >= 4 is 38.9 Å². The third-order valence-electron chi connectivity index (χ3n) is 4.99. The van der Waals surface area contributed by atoms with Crippen LogP contribution in [0.2, 0.25) is 0 Å². The number of hydrogen-bond donors (Lipinski definition) is 2. The van der Waals surface area contributed by atoms with Gasteiger partial charge in [-0.15, -0.1) is 0 Å². The van der Waals surface area contributed by atoms with Crippen molar-refractivity contribution in [1.82, 2.24) is 15.1 Å². The van der Waals surface area contributed by atoms with Crippen LogP contribution in [0, 0.1) is 0 Å². The van der Waals surface area contributed by atoms with Gasteiger partial charge in [-0.25, -0.2) is 0 Å². The average molecular weight is 447 g/mol. The van der Waals surface area contributed by atoms with E-state index in [0.29, 0.717) is 5.11 Å². The van der Waals surface area contributed by atoms with Gasteiger partial charge >= 0.3 is 0 Å². The Labute approximate surface area is 176 Å². The number of hydrogen-bond acceptors (Lipinski definition) is 3. The molecule has 1 fully saturated rings. The van der Waals surface area contributed by atoms with E-state index < -0.39 is 0 Å². The molecule has 0 aromatic heterocycles. The molecule has 6 heteroatoms. The average Bonchev–Trinajstić information content (AvgIpc) is 2.64. The van der Waals surface area contributed by atoms with Crippen LogP contribution in [0.5, 0.6) is 0 Å². The third-order valence-corrected chi connectivity index (χ3v) is 5.70. The molecule has 27 heavy (non-hydrogen) atoms. The molecule has 0 unspecified atom stereocenters. The second-order valence-corrected chi connectivity index (χ2v) is 8.42. The van der Waals surface area contributed by atoms with Gasteiger partial charge < -0.3 is 15.5 Å². The highest BCUT2D eigenvalue weighted by molar-refractivity contribution is 9.10. The number of piperazine rings is 1. The van der Waals surface area contributed by atoms with Crippen molar-refractivity contribution in [2.75, 3.05) is 38.5 Å². The van der Waals surface area contributed by atoms with Gasteiger partial charge in [-0.05, 0) is 50.0 Å². The first-order chi connectivity index (χ1) is 13.0. The smallest absolute Gasteiger partial charge is 0.171 e. The molecule has 2 N–H and O–H groups in total. The monoisotopic (exact) mass is 446 g/mol. The van der Waals surface area contributed by atoms with Gasteiger partial charge in [0.25, 0.3) is 0 Å². The summed E-state index contributed by atoms with van der Waals surface area (Å²) in [5.41, 5.74) is 2.30. The van der Waals surface area contributed by atoms with E-state index in [1.165, 1.54) is 5.56 Å². The van der Waals surface area contributed by atoms with E-state index >= 15 is 0 Å². The molecule has 2 atom stereocenters. The molecule has 1 saturated heterocycles. The molecule has 0 amide bonds. The Bertz CT molecular complexity index is 747. The van der Waals surface area contributed by atoms with E-state index in [1.54, 1.807) is 0 Å². The lowest BCUT2D eigenvalue weighted by atomic mass is 9.98. The molecule has 0 bridgehead atoms. The number of rotatable bonds is 5. The van der Waals surface area contributed by atoms with Crippen LogP contribution < -0.4 is 10.6 Å². The van der Waals surface area contributed by atoms with E-state index in [-0.39, 0.29) is 12.1 Å². The van der Waals surface area contributed by atoms with E-state index in [4.69, 9.17) is 12.2 Å². The predicted octanol–water partition coefficient (Wildman–Crippen LogP) is 4.11. The Kier molecular flexibility index (Phi) is 7.24. The van der Waals surface area contributed by atoms with Crippen LogP contribution in [0.15, 0.2) is 59.1 Å². The van der Waals surface area contributed by atoms with Crippen LogP contribution in [0.1, 0.15) is 18.5 Å². The Morgan fingerprint density at radius 3 is 2.41 bits per heavy atom. The summed E-state index contributed by atoms with van der Waals surface area (Å²) in [5, 5.41) is 7.45. The molecular formula is C21H27BrN4S. The fraction of sp³-hybridized carbons (Fsp3) is 0.381. The van der Waals surface area contributed by atoms with E-state index in [9.17, 15) is 0 Å². The number of benzene rings is 2. The summed E-state index contributed by atoms with van der Waals surface area (Å²) in [6, 6.07) is 19.2. The lowest BCUT2D eigenvalue weighted by molar-refractivity contribution is 0.0973. The van der Waals surface area contributed by atoms with Gasteiger partial charge in [0.1, 0.15) is 0 Å². The molecule has 1 heterocycles. The summed E-state index contributed by atoms with van der Waals surface area (Å²) in [6.07, 6.45) is 0. The maximum Gasteiger partial charge on any atom is 0.171 e. The van der Waals surface area contributed by atoms with Gasteiger partial charge in [0.2, 0.25) is 0 Å². The number of likely N-dealkylation sites (N-methyl/N-ethyl adjacent to an activating group) is 1. The van der Waals surface area contributed by atoms with Crippen LogP contribution in [-0.4, -0.2) is 54.2 Å². The number of halogens is 1. The Balaban J connectivity index is 1.70. The zero-order valence-electron chi connectivity index (χ0n) is 15.9. The summed E-state index contributed by atoms with van der Waals surface area (Å²) in [4.78, 5) is 4.95. The third kappa shape index (κ3) is 5.75. The SMILES string of the molecule is C[C@H](NC(=S)Nc1cccc(Br)c1)[C@H](c1ccccc1)N1CCN(C)CC1. The van der Waals surface area contributed by atoms with Crippen LogP contribution in [0.25, 0.3) is 0 Å². The molecule has 1 aliphatic heterocycles. The largest absolute Gasteiger partial charge is 0.358 e. The first-order valence-electron chi connectivity index (χ1n) is 9.33. The molecule has 2 aromatic carbocycles. The molecule has 1 aliphatic rings. The van der Waals surface area contributed by atoms with Gasteiger partial charge in [-0.3, -0.25) is 4.90 Å². The van der Waals surface area contributed by atoms with Crippen molar-refractivity contribution in [2.24, 2.45) is 0 Å². The number of nitrogens with one attached hydrogen (secondary N) is 2. The molecule has 2 aromatic rings. The van der Waals surface area contributed by atoms with Crippen LogP contribution in [0.3, 0.4) is 0 Å². The predicted molar refractivity (Wildman–Crippen MR) is 121 cm³/mol. The zero-order chi connectivity index (χ0) is 19.2. The maximum absolute atomic E-state index is 5.58. The van der Waals surface area contributed by atoms with Gasteiger partial charge in [0.15, 0.2) is 5.11 Å². The molecule has 4 nitrogen and oxygen atoms in total. The quantitative estimate of drug-likeness (QED) is 0.674. The second kappa shape index (κ2) is 9.64. The van der Waals surface area contributed by atoms with E-state index in [0.717, 1.165) is 36.3 Å². The first kappa shape index (κ1) is 20.3. The van der Waals surface area contributed by atoms with Crippen LogP contribution >= 0.6 is 28.1 Å². The fourth-order valence-electron chi connectivity index (χ4n) is 3.59. The van der Waals surface area contributed by atoms with Crippen molar-refractivity contribution in [3.63, 3.8) is 0 Å². The lowest BCUT2D eigenvalue weighted by Gasteiger charge is -2.41. The number of thiocarbonyl (C=S) groups is 1. The Morgan fingerprint density at radius 1 is 1.04 bits per heavy atom. The van der Waals surface area contributed by atoms with Crippen LogP contribution in [0.4, 0.5) is 5.69 Å². The molecule has 0 saturated carbocycles. The first-order valence-corrected chi connectivity index (χ1v) is 10.5. The van der Waals surface area contributed by atoms with Crippen molar-refractivity contribution in [3.8, 4) is 0 Å². The minimum Gasteiger partial charge on any atom is -0.358 e. The summed E-state index contributed by atoms with van der Waals surface area (Å²) in [5.74, 6) is 0. The number of nitrogens with zero attached hydrogens (tertiary/aromatic N) is 2. The Morgan fingerprint density at radius 2 is 1.74 bits per heavy atom. The standard InChI is InChI=1S/C21H27BrN4S/c1-16(23-21(27)24-19-10-6-9-18(22)15-19)20(17-7-4-3-5-8-17)26-13-11-25(2)12-14-26/h3-10,15-16,20H,11-14H2,1-2H3,(H2,23,24,27)/t16-,20+/m0/s1. The minimum atomic E-state index is 0.183. The lowest BCUT2D eigenvalue weighted by Crippen LogP contribution is -2.52. The zero-order valence-corrected chi connectivity index (χ0v) is 18.3. The van der Waals surface area contributed by atoms with Crippen LogP contribution in [-0.2, 0) is 0 Å². The van der Waals surface area contributed by atoms with E-state index in [1.807, 2.05) is 24.3 Å². The molecule has 0 radical (unpaired) electrons. The Hall–Kier alpha value is -1.47. The summed E-state index contributed by atoms with van der Waals surface area (Å²) in [6.45, 7) is 6.53. The normalized spacial score (nSPS) is 17.9. The molecule has 0 spiro atoms. The summed E-state index contributed by atoms with van der Waals surface area (Å²) < 4.78 is 1.03. The highest BCUT2D eigenvalue weighted by Gasteiger charge is 2.28. The van der Waals surface area contributed by atoms with E-state index in [2.05, 4.69) is 80.7 Å². The fourth-order valence-corrected chi connectivity index (χ4v) is 4.29. The summed E-state index contributed by atoms with van der Waals surface area (Å²) >= 11 is 9.08.